The van der Waals surface area contributed by atoms with Crippen LogP contribution in [0.25, 0.3) is 0 Å². The summed E-state index contributed by atoms with van der Waals surface area (Å²) in [5, 5.41) is 4.07. The molecular formula is C16H24ClNO3S. The molecule has 0 bridgehead atoms. The molecule has 1 saturated heterocycles. The largest absolute Gasteiger partial charge is 0.381 e. The van der Waals surface area contributed by atoms with Crippen molar-refractivity contribution in [1.82, 2.24) is 5.32 Å². The molecular weight excluding hydrogens is 322 g/mol. The number of halogens is 1. The topological polar surface area (TPSA) is 55.4 Å². The van der Waals surface area contributed by atoms with Gasteiger partial charge in [0.1, 0.15) is 0 Å². The van der Waals surface area contributed by atoms with Gasteiger partial charge < -0.3 is 10.1 Å². The Hall–Kier alpha value is -0.620. The highest BCUT2D eigenvalue weighted by atomic mass is 35.5. The maximum absolute atomic E-state index is 12.2. The molecule has 6 heteroatoms. The van der Waals surface area contributed by atoms with E-state index >= 15 is 0 Å². The van der Waals surface area contributed by atoms with Gasteiger partial charge in [0.2, 0.25) is 0 Å². The Morgan fingerprint density at radius 2 is 2.05 bits per heavy atom. The van der Waals surface area contributed by atoms with Crippen LogP contribution >= 0.6 is 11.6 Å². The maximum atomic E-state index is 12.2. The monoisotopic (exact) mass is 345 g/mol. The molecule has 1 unspecified atom stereocenters. The molecule has 1 aliphatic rings. The molecule has 1 fully saturated rings. The Morgan fingerprint density at radius 3 is 2.64 bits per heavy atom. The van der Waals surface area contributed by atoms with Crippen molar-refractivity contribution in [3.8, 4) is 0 Å². The molecule has 22 heavy (non-hydrogen) atoms. The molecule has 1 heterocycles. The number of nitrogens with one attached hydrogen (secondary N) is 1. The van der Waals surface area contributed by atoms with Gasteiger partial charge in [-0.25, -0.2) is 8.42 Å². The molecule has 0 saturated carbocycles. The van der Waals surface area contributed by atoms with E-state index < -0.39 is 14.6 Å². The molecule has 1 N–H and O–H groups in total. The lowest BCUT2D eigenvalue weighted by Gasteiger charge is -2.35. The average molecular weight is 346 g/mol. The molecule has 1 atom stereocenters. The molecule has 0 aromatic heterocycles. The molecule has 124 valence electrons. The van der Waals surface area contributed by atoms with E-state index in [2.05, 4.69) is 12.2 Å². The van der Waals surface area contributed by atoms with E-state index in [1.54, 1.807) is 0 Å². The van der Waals surface area contributed by atoms with E-state index in [1.165, 1.54) is 6.26 Å². The summed E-state index contributed by atoms with van der Waals surface area (Å²) in [4.78, 5) is 0. The molecule has 0 radical (unpaired) electrons. The van der Waals surface area contributed by atoms with Crippen LogP contribution < -0.4 is 5.32 Å². The zero-order valence-electron chi connectivity index (χ0n) is 13.1. The summed E-state index contributed by atoms with van der Waals surface area (Å²) in [5.41, 5.74) is 1.15. The number of rotatable bonds is 6. The molecule has 1 aromatic carbocycles. The van der Waals surface area contributed by atoms with Crippen LogP contribution in [0, 0.1) is 0 Å². The Morgan fingerprint density at radius 1 is 1.36 bits per heavy atom. The third-order valence-electron chi connectivity index (χ3n) is 4.51. The van der Waals surface area contributed by atoms with Crippen molar-refractivity contribution in [3.63, 3.8) is 0 Å². The predicted octanol–water partition coefficient (Wildman–Crippen LogP) is 2.63. The van der Waals surface area contributed by atoms with Crippen LogP contribution in [0.3, 0.4) is 0 Å². The summed E-state index contributed by atoms with van der Waals surface area (Å²) in [6.07, 6.45) is 2.45. The van der Waals surface area contributed by atoms with Crippen LogP contribution in [0.4, 0.5) is 0 Å². The summed E-state index contributed by atoms with van der Waals surface area (Å²) < 4.78 is 29.0. The predicted molar refractivity (Wildman–Crippen MR) is 90.4 cm³/mol. The Bertz CT molecular complexity index is 597. The summed E-state index contributed by atoms with van der Waals surface area (Å²) in [6, 6.07) is 7.78. The van der Waals surface area contributed by atoms with Crippen molar-refractivity contribution in [2.75, 3.05) is 32.6 Å². The third kappa shape index (κ3) is 4.22. The summed E-state index contributed by atoms with van der Waals surface area (Å²) in [6.45, 7) is 4.32. The molecule has 4 nitrogen and oxygen atoms in total. The van der Waals surface area contributed by atoms with Crippen LogP contribution in [-0.2, 0) is 14.6 Å². The zero-order valence-corrected chi connectivity index (χ0v) is 14.7. The standard InChI is InChI=1S/C16H24ClNO3S/c1-13(14-4-3-5-15(17)10-14)11-18-12-16(22(2,19)20)6-8-21-9-7-16/h3-5,10,13,18H,6-9,11-12H2,1-2H3. The summed E-state index contributed by atoms with van der Waals surface area (Å²) >= 11 is 6.01. The zero-order chi connectivity index (χ0) is 16.2. The maximum Gasteiger partial charge on any atom is 0.154 e. The van der Waals surface area contributed by atoms with Gasteiger partial charge in [-0.2, -0.15) is 0 Å². The minimum atomic E-state index is -3.12. The first kappa shape index (κ1) is 17.7. The smallest absolute Gasteiger partial charge is 0.154 e. The van der Waals surface area contributed by atoms with Gasteiger partial charge in [0.25, 0.3) is 0 Å². The van der Waals surface area contributed by atoms with E-state index in [0.717, 1.165) is 17.1 Å². The fourth-order valence-electron chi connectivity index (χ4n) is 2.87. The minimum absolute atomic E-state index is 0.273. The lowest BCUT2D eigenvalue weighted by molar-refractivity contribution is 0.0745. The van der Waals surface area contributed by atoms with Crippen LogP contribution in [0.5, 0.6) is 0 Å². The first-order chi connectivity index (χ1) is 10.3. The minimum Gasteiger partial charge on any atom is -0.381 e. The normalized spacial score (nSPS) is 19.8. The van der Waals surface area contributed by atoms with E-state index in [0.29, 0.717) is 32.6 Å². The summed E-state index contributed by atoms with van der Waals surface area (Å²) in [5.74, 6) is 0.273. The van der Waals surface area contributed by atoms with Crippen LogP contribution in [0.15, 0.2) is 24.3 Å². The van der Waals surface area contributed by atoms with Crippen molar-refractivity contribution in [2.45, 2.75) is 30.4 Å². The van der Waals surface area contributed by atoms with Crippen molar-refractivity contribution in [2.24, 2.45) is 0 Å². The van der Waals surface area contributed by atoms with Crippen LogP contribution in [0.2, 0.25) is 5.02 Å². The summed E-state index contributed by atoms with van der Waals surface area (Å²) in [7, 11) is -3.12. The highest BCUT2D eigenvalue weighted by Crippen LogP contribution is 2.29. The van der Waals surface area contributed by atoms with Gasteiger partial charge in [-0.15, -0.1) is 0 Å². The first-order valence-corrected chi connectivity index (χ1v) is 9.84. The van der Waals surface area contributed by atoms with E-state index in [-0.39, 0.29) is 5.92 Å². The van der Waals surface area contributed by atoms with Gasteiger partial charge in [0.15, 0.2) is 9.84 Å². The van der Waals surface area contributed by atoms with E-state index in [4.69, 9.17) is 16.3 Å². The second-order valence-corrected chi connectivity index (χ2v) is 9.00. The number of sulfone groups is 1. The second-order valence-electron chi connectivity index (χ2n) is 6.15. The SMILES string of the molecule is CC(CNCC1(S(C)(=O)=O)CCOCC1)c1cccc(Cl)c1. The van der Waals surface area contributed by atoms with Gasteiger partial charge in [0, 0.05) is 37.6 Å². The average Bonchev–Trinajstić information content (AvgIpc) is 2.47. The number of hydrogen-bond donors (Lipinski definition) is 1. The second kappa shape index (κ2) is 7.30. The molecule has 0 spiro atoms. The van der Waals surface area contributed by atoms with Gasteiger partial charge >= 0.3 is 0 Å². The highest BCUT2D eigenvalue weighted by Gasteiger charge is 2.41. The fraction of sp³-hybridized carbons (Fsp3) is 0.625. The lowest BCUT2D eigenvalue weighted by Crippen LogP contribution is -2.51. The number of benzene rings is 1. The Balaban J connectivity index is 1.96. The van der Waals surface area contributed by atoms with Gasteiger partial charge in [-0.1, -0.05) is 30.7 Å². The lowest BCUT2D eigenvalue weighted by atomic mass is 9.97. The van der Waals surface area contributed by atoms with Gasteiger partial charge in [-0.05, 0) is 36.5 Å². The molecule has 0 amide bonds. The third-order valence-corrected chi connectivity index (χ3v) is 6.87. The first-order valence-electron chi connectivity index (χ1n) is 7.58. The quantitative estimate of drug-likeness (QED) is 0.861. The van der Waals surface area contributed by atoms with Crippen molar-refractivity contribution in [3.05, 3.63) is 34.9 Å². The number of hydrogen-bond acceptors (Lipinski definition) is 4. The highest BCUT2D eigenvalue weighted by molar-refractivity contribution is 7.92. The van der Waals surface area contributed by atoms with Crippen LogP contribution in [-0.4, -0.2) is 45.7 Å². The van der Waals surface area contributed by atoms with Gasteiger partial charge in [0.05, 0.1) is 4.75 Å². The van der Waals surface area contributed by atoms with Gasteiger partial charge in [-0.3, -0.25) is 0 Å². The number of ether oxygens (including phenoxy) is 1. The van der Waals surface area contributed by atoms with Crippen molar-refractivity contribution in [1.29, 1.82) is 0 Å². The Kier molecular flexibility index (Phi) is 5.88. The van der Waals surface area contributed by atoms with Crippen molar-refractivity contribution >= 4 is 21.4 Å². The van der Waals surface area contributed by atoms with E-state index in [9.17, 15) is 8.42 Å². The van der Waals surface area contributed by atoms with Crippen molar-refractivity contribution < 1.29 is 13.2 Å². The fourth-order valence-corrected chi connectivity index (χ4v) is 4.34. The molecule has 0 aliphatic carbocycles. The van der Waals surface area contributed by atoms with Crippen LogP contribution in [0.1, 0.15) is 31.2 Å². The molecule has 1 aromatic rings. The molecule has 2 rings (SSSR count). The van der Waals surface area contributed by atoms with E-state index in [1.807, 2.05) is 24.3 Å². The molecule has 1 aliphatic heterocycles. The Labute approximate surface area is 138 Å².